The summed E-state index contributed by atoms with van der Waals surface area (Å²) in [6, 6.07) is 11.8. The van der Waals surface area contributed by atoms with E-state index in [9.17, 15) is 13.2 Å². The SMILES string of the molecule is COC(=O)c1cc(S(=O)(=O)NCc2ccccc2CN2CCCCC2)ccc1Cl. The van der Waals surface area contributed by atoms with Gasteiger partial charge >= 0.3 is 5.97 Å². The molecule has 0 radical (unpaired) electrons. The van der Waals surface area contributed by atoms with E-state index in [4.69, 9.17) is 11.6 Å². The quantitative estimate of drug-likeness (QED) is 0.671. The minimum absolute atomic E-state index is 0.0162. The first-order chi connectivity index (χ1) is 13.9. The number of esters is 1. The average molecular weight is 437 g/mol. The normalized spacial score (nSPS) is 15.2. The van der Waals surface area contributed by atoms with Crippen LogP contribution in [0.2, 0.25) is 5.02 Å². The number of rotatable bonds is 7. The van der Waals surface area contributed by atoms with Crippen molar-refractivity contribution in [1.82, 2.24) is 9.62 Å². The number of carbonyl (C=O) groups is 1. The number of sulfonamides is 1. The molecule has 1 N–H and O–H groups in total. The van der Waals surface area contributed by atoms with E-state index < -0.39 is 16.0 Å². The third-order valence-corrected chi connectivity index (χ3v) is 6.80. The summed E-state index contributed by atoms with van der Waals surface area (Å²) >= 11 is 5.99. The van der Waals surface area contributed by atoms with Crippen molar-refractivity contribution in [3.63, 3.8) is 0 Å². The summed E-state index contributed by atoms with van der Waals surface area (Å²) in [4.78, 5) is 14.2. The van der Waals surface area contributed by atoms with Crippen LogP contribution in [0.25, 0.3) is 0 Å². The Kier molecular flexibility index (Phi) is 7.29. The maximum atomic E-state index is 12.8. The van der Waals surface area contributed by atoms with E-state index in [0.29, 0.717) is 0 Å². The van der Waals surface area contributed by atoms with E-state index in [0.717, 1.165) is 30.8 Å². The van der Waals surface area contributed by atoms with Gasteiger partial charge in [-0.15, -0.1) is 0 Å². The minimum Gasteiger partial charge on any atom is -0.465 e. The molecule has 29 heavy (non-hydrogen) atoms. The van der Waals surface area contributed by atoms with Crippen LogP contribution in [0.5, 0.6) is 0 Å². The molecule has 156 valence electrons. The first-order valence-corrected chi connectivity index (χ1v) is 11.4. The number of halogens is 1. The zero-order valence-corrected chi connectivity index (χ0v) is 17.9. The summed E-state index contributed by atoms with van der Waals surface area (Å²) in [6.45, 7) is 3.12. The van der Waals surface area contributed by atoms with E-state index >= 15 is 0 Å². The Bertz CT molecular complexity index is 972. The Morgan fingerprint density at radius 3 is 2.48 bits per heavy atom. The van der Waals surface area contributed by atoms with E-state index in [1.165, 1.54) is 44.6 Å². The van der Waals surface area contributed by atoms with Crippen LogP contribution in [0.15, 0.2) is 47.4 Å². The lowest BCUT2D eigenvalue weighted by Gasteiger charge is -2.27. The molecule has 8 heteroatoms. The smallest absolute Gasteiger partial charge is 0.339 e. The number of ether oxygens (including phenoxy) is 1. The number of nitrogens with one attached hydrogen (secondary N) is 1. The van der Waals surface area contributed by atoms with Gasteiger partial charge in [-0.2, -0.15) is 0 Å². The molecule has 1 aliphatic rings. The van der Waals surface area contributed by atoms with Gasteiger partial charge in [0.15, 0.2) is 0 Å². The van der Waals surface area contributed by atoms with Crippen LogP contribution in [0.3, 0.4) is 0 Å². The minimum atomic E-state index is -3.82. The third-order valence-electron chi connectivity index (χ3n) is 5.07. The molecule has 0 atom stereocenters. The highest BCUT2D eigenvalue weighted by atomic mass is 35.5. The zero-order chi connectivity index (χ0) is 20.9. The first-order valence-electron chi connectivity index (χ1n) is 9.57. The van der Waals surface area contributed by atoms with Crippen LogP contribution in [0.1, 0.15) is 40.7 Å². The second-order valence-electron chi connectivity index (χ2n) is 7.06. The van der Waals surface area contributed by atoms with Crippen molar-refractivity contribution in [2.75, 3.05) is 20.2 Å². The molecule has 0 aliphatic carbocycles. The van der Waals surface area contributed by atoms with Crippen molar-refractivity contribution in [3.8, 4) is 0 Å². The summed E-state index contributed by atoms with van der Waals surface area (Å²) in [5, 5.41) is 0.141. The van der Waals surface area contributed by atoms with Gasteiger partial charge in [0, 0.05) is 13.1 Å². The second-order valence-corrected chi connectivity index (χ2v) is 9.24. The van der Waals surface area contributed by atoms with Gasteiger partial charge in [0.05, 0.1) is 22.6 Å². The van der Waals surface area contributed by atoms with Crippen molar-refractivity contribution in [2.24, 2.45) is 0 Å². The summed E-state index contributed by atoms with van der Waals surface area (Å²) in [7, 11) is -2.60. The number of methoxy groups -OCH3 is 1. The van der Waals surface area contributed by atoms with Crippen molar-refractivity contribution >= 4 is 27.6 Å². The second kappa shape index (κ2) is 9.71. The molecule has 0 aromatic heterocycles. The predicted octanol–water partition coefficient (Wildman–Crippen LogP) is 3.59. The molecular weight excluding hydrogens is 412 g/mol. The molecule has 3 rings (SSSR count). The van der Waals surface area contributed by atoms with Crippen LogP contribution in [0.4, 0.5) is 0 Å². The number of carbonyl (C=O) groups excluding carboxylic acids is 1. The van der Waals surface area contributed by atoms with Crippen LogP contribution in [0, 0.1) is 0 Å². The van der Waals surface area contributed by atoms with Crippen LogP contribution < -0.4 is 4.72 Å². The molecule has 0 amide bonds. The molecule has 6 nitrogen and oxygen atoms in total. The lowest BCUT2D eigenvalue weighted by molar-refractivity contribution is 0.0600. The monoisotopic (exact) mass is 436 g/mol. The van der Waals surface area contributed by atoms with Gasteiger partial charge in [0.2, 0.25) is 10.0 Å². The molecule has 2 aromatic carbocycles. The van der Waals surface area contributed by atoms with Crippen molar-refractivity contribution < 1.29 is 17.9 Å². The van der Waals surface area contributed by atoms with Crippen LogP contribution >= 0.6 is 11.6 Å². The van der Waals surface area contributed by atoms with Gasteiger partial charge in [-0.3, -0.25) is 4.90 Å². The number of benzene rings is 2. The number of hydrogen-bond donors (Lipinski definition) is 1. The summed E-state index contributed by atoms with van der Waals surface area (Å²) in [5.41, 5.74) is 2.06. The number of hydrogen-bond acceptors (Lipinski definition) is 5. The molecule has 0 bridgehead atoms. The van der Waals surface area contributed by atoms with E-state index in [1.54, 1.807) is 0 Å². The van der Waals surface area contributed by atoms with Gasteiger partial charge in [0.25, 0.3) is 0 Å². The van der Waals surface area contributed by atoms with Gasteiger partial charge < -0.3 is 4.74 Å². The molecule has 1 saturated heterocycles. The molecule has 0 saturated carbocycles. The Morgan fingerprint density at radius 2 is 1.79 bits per heavy atom. The fraction of sp³-hybridized carbons (Fsp3) is 0.381. The standard InChI is InChI=1S/C21H25ClN2O4S/c1-28-21(25)19-13-18(9-10-20(19)22)29(26,27)23-14-16-7-3-4-8-17(16)15-24-11-5-2-6-12-24/h3-4,7-10,13,23H,2,5-6,11-12,14-15H2,1H3. The Labute approximate surface area is 176 Å². The molecule has 1 fully saturated rings. The highest BCUT2D eigenvalue weighted by molar-refractivity contribution is 7.89. The highest BCUT2D eigenvalue weighted by Crippen LogP contribution is 2.22. The fourth-order valence-electron chi connectivity index (χ4n) is 3.44. The first kappa shape index (κ1) is 21.8. The van der Waals surface area contributed by atoms with E-state index in [1.807, 2.05) is 24.3 Å². The maximum absolute atomic E-state index is 12.8. The van der Waals surface area contributed by atoms with Gasteiger partial charge in [0.1, 0.15) is 0 Å². The molecule has 0 unspecified atom stereocenters. The molecule has 2 aromatic rings. The van der Waals surface area contributed by atoms with Crippen LogP contribution in [-0.2, 0) is 27.8 Å². The zero-order valence-electron chi connectivity index (χ0n) is 16.4. The Morgan fingerprint density at radius 1 is 1.10 bits per heavy atom. The van der Waals surface area contributed by atoms with E-state index in [-0.39, 0.29) is 22.0 Å². The predicted molar refractivity (Wildman–Crippen MR) is 112 cm³/mol. The van der Waals surface area contributed by atoms with Crippen LogP contribution in [-0.4, -0.2) is 39.5 Å². The van der Waals surface area contributed by atoms with Gasteiger partial charge in [-0.25, -0.2) is 17.9 Å². The number of likely N-dealkylation sites (tertiary alicyclic amines) is 1. The van der Waals surface area contributed by atoms with Gasteiger partial charge in [-0.05, 0) is 55.3 Å². The molecule has 0 spiro atoms. The molecule has 1 heterocycles. The Hall–Kier alpha value is -1.93. The number of piperidine rings is 1. The Balaban J connectivity index is 1.75. The average Bonchev–Trinajstić information content (AvgIpc) is 2.73. The summed E-state index contributed by atoms with van der Waals surface area (Å²) < 4.78 is 32.8. The number of nitrogens with zero attached hydrogens (tertiary/aromatic N) is 1. The lowest BCUT2D eigenvalue weighted by atomic mass is 10.1. The summed E-state index contributed by atoms with van der Waals surface area (Å²) in [6.07, 6.45) is 3.67. The third kappa shape index (κ3) is 5.57. The van der Waals surface area contributed by atoms with Gasteiger partial charge in [-0.1, -0.05) is 42.3 Å². The fourth-order valence-corrected chi connectivity index (χ4v) is 4.66. The van der Waals surface area contributed by atoms with Crippen molar-refractivity contribution in [3.05, 3.63) is 64.2 Å². The molecule has 1 aliphatic heterocycles. The highest BCUT2D eigenvalue weighted by Gasteiger charge is 2.20. The largest absolute Gasteiger partial charge is 0.465 e. The van der Waals surface area contributed by atoms with Crippen molar-refractivity contribution in [2.45, 2.75) is 37.2 Å². The maximum Gasteiger partial charge on any atom is 0.339 e. The summed E-state index contributed by atoms with van der Waals surface area (Å²) in [5.74, 6) is -0.682. The van der Waals surface area contributed by atoms with Crippen molar-refractivity contribution in [1.29, 1.82) is 0 Å². The van der Waals surface area contributed by atoms with E-state index in [2.05, 4.69) is 14.4 Å². The topological polar surface area (TPSA) is 75.7 Å². The molecular formula is C21H25ClN2O4S. The lowest BCUT2D eigenvalue weighted by Crippen LogP contribution is -2.30.